The Morgan fingerprint density at radius 1 is 1.09 bits per heavy atom. The third kappa shape index (κ3) is 5.99. The fraction of sp³-hybridized carbons (Fsp3) is 0.292. The van der Waals surface area contributed by atoms with Crippen molar-refractivity contribution in [1.29, 1.82) is 0 Å². The van der Waals surface area contributed by atoms with E-state index >= 15 is 0 Å². The van der Waals surface area contributed by atoms with Crippen LogP contribution in [0.1, 0.15) is 38.3 Å². The molecule has 1 atom stereocenters. The molecule has 0 saturated carbocycles. The van der Waals surface area contributed by atoms with Crippen molar-refractivity contribution in [3.63, 3.8) is 0 Å². The van der Waals surface area contributed by atoms with Crippen molar-refractivity contribution in [2.75, 3.05) is 0 Å². The molecule has 0 unspecified atom stereocenters. The molecule has 1 N–H and O–H groups in total. The number of rotatable bonds is 8. The van der Waals surface area contributed by atoms with Crippen LogP contribution in [0.2, 0.25) is 0 Å². The molecule has 0 radical (unpaired) electrons. The van der Waals surface area contributed by atoms with Crippen molar-refractivity contribution in [3.8, 4) is 11.4 Å². The highest BCUT2D eigenvalue weighted by atomic mass is 19.1. The summed E-state index contributed by atoms with van der Waals surface area (Å²) in [5, 5.41) is 15.0. The van der Waals surface area contributed by atoms with Gasteiger partial charge in [0.2, 0.25) is 11.7 Å². The van der Waals surface area contributed by atoms with Gasteiger partial charge in [0.05, 0.1) is 19.1 Å². The third-order valence-corrected chi connectivity index (χ3v) is 4.93. The van der Waals surface area contributed by atoms with Crippen molar-refractivity contribution < 1.29 is 22.8 Å². The van der Waals surface area contributed by atoms with Crippen LogP contribution < -0.4 is 5.32 Å². The van der Waals surface area contributed by atoms with Crippen LogP contribution >= 0.6 is 0 Å². The van der Waals surface area contributed by atoms with Crippen LogP contribution in [0.15, 0.2) is 69.9 Å². The second-order valence-corrected chi connectivity index (χ2v) is 8.91. The Labute approximate surface area is 200 Å². The van der Waals surface area contributed by atoms with E-state index in [9.17, 15) is 14.0 Å². The molecule has 0 bridgehead atoms. The van der Waals surface area contributed by atoms with Gasteiger partial charge in [0.25, 0.3) is 5.91 Å². The topological polar surface area (TPSA) is 119 Å². The van der Waals surface area contributed by atoms with Crippen molar-refractivity contribution >= 4 is 11.8 Å². The second-order valence-electron chi connectivity index (χ2n) is 8.91. The molecule has 0 aliphatic heterocycles. The maximum absolute atomic E-state index is 13.5. The monoisotopic (exact) mass is 480 g/mol. The number of tetrazole rings is 1. The molecule has 10 nitrogen and oxygen atoms in total. The summed E-state index contributed by atoms with van der Waals surface area (Å²) in [6.07, 6.45) is 2.93. The summed E-state index contributed by atoms with van der Waals surface area (Å²) in [6, 6.07) is 11.2. The molecule has 4 rings (SSSR count). The van der Waals surface area contributed by atoms with Gasteiger partial charge in [0, 0.05) is 11.1 Å². The Kier molecular flexibility index (Phi) is 6.76. The van der Waals surface area contributed by atoms with Gasteiger partial charge >= 0.3 is 0 Å². The first-order valence-corrected chi connectivity index (χ1v) is 10.9. The number of carbonyl (C=O) groups excluding carboxylic acids is 2. The first kappa shape index (κ1) is 23.9. The van der Waals surface area contributed by atoms with Gasteiger partial charge in [-0.05, 0) is 74.5 Å². The molecule has 0 fully saturated rings. The Morgan fingerprint density at radius 2 is 1.80 bits per heavy atom. The standard InChI is InChI=1S/C24H25FN6O4/c1-24(2,3)26-23(33)21(19-7-5-13-35-19)30(14-18-6-4-12-34-18)20(32)15-31-28-22(27-29-31)16-8-10-17(25)11-9-16/h4-13,21H,14-15H2,1-3H3,(H,26,33)/t21-/m1/s1. The average molecular weight is 481 g/mol. The molecule has 35 heavy (non-hydrogen) atoms. The zero-order valence-electron chi connectivity index (χ0n) is 19.5. The Hall–Kier alpha value is -4.28. The summed E-state index contributed by atoms with van der Waals surface area (Å²) in [5.41, 5.74) is 0.00863. The van der Waals surface area contributed by atoms with Gasteiger partial charge in [0.15, 0.2) is 6.04 Å². The Morgan fingerprint density at radius 3 is 2.43 bits per heavy atom. The summed E-state index contributed by atoms with van der Waals surface area (Å²) < 4.78 is 24.2. The van der Waals surface area contributed by atoms with E-state index in [1.54, 1.807) is 24.3 Å². The zero-order chi connectivity index (χ0) is 25.0. The van der Waals surface area contributed by atoms with Crippen LogP contribution in [0.25, 0.3) is 11.4 Å². The van der Waals surface area contributed by atoms with Crippen LogP contribution in [-0.2, 0) is 22.7 Å². The number of nitrogens with zero attached hydrogens (tertiary/aromatic N) is 5. The highest BCUT2D eigenvalue weighted by molar-refractivity contribution is 5.88. The molecule has 4 aromatic rings. The quantitative estimate of drug-likeness (QED) is 0.411. The molecule has 2 amide bonds. The maximum Gasteiger partial charge on any atom is 0.251 e. The number of carbonyl (C=O) groups is 2. The van der Waals surface area contributed by atoms with Gasteiger partial charge in [-0.2, -0.15) is 4.80 Å². The number of hydrogen-bond acceptors (Lipinski definition) is 7. The van der Waals surface area contributed by atoms with Crippen molar-refractivity contribution in [1.82, 2.24) is 30.4 Å². The van der Waals surface area contributed by atoms with Crippen LogP contribution in [0, 0.1) is 5.82 Å². The van der Waals surface area contributed by atoms with E-state index in [2.05, 4.69) is 20.7 Å². The van der Waals surface area contributed by atoms with E-state index in [1.807, 2.05) is 20.8 Å². The predicted octanol–water partition coefficient (Wildman–Crippen LogP) is 3.35. The Bertz CT molecular complexity index is 1260. The summed E-state index contributed by atoms with van der Waals surface area (Å²) in [5.74, 6) is -0.242. The highest BCUT2D eigenvalue weighted by Crippen LogP contribution is 2.26. The molecule has 3 aromatic heterocycles. The predicted molar refractivity (Wildman–Crippen MR) is 122 cm³/mol. The van der Waals surface area contributed by atoms with Gasteiger partial charge in [-0.25, -0.2) is 4.39 Å². The summed E-state index contributed by atoms with van der Waals surface area (Å²) in [4.78, 5) is 29.3. The normalized spacial score (nSPS) is 12.3. The lowest BCUT2D eigenvalue weighted by Crippen LogP contribution is -2.49. The van der Waals surface area contributed by atoms with Crippen molar-refractivity contribution in [3.05, 3.63) is 78.4 Å². The molecule has 0 spiro atoms. The zero-order valence-corrected chi connectivity index (χ0v) is 19.5. The van der Waals surface area contributed by atoms with E-state index in [0.717, 1.165) is 4.80 Å². The van der Waals surface area contributed by atoms with E-state index in [1.165, 1.54) is 41.7 Å². The summed E-state index contributed by atoms with van der Waals surface area (Å²) in [7, 11) is 0. The van der Waals surface area contributed by atoms with Crippen LogP contribution in [0.5, 0.6) is 0 Å². The number of amides is 2. The molecule has 0 aliphatic carbocycles. The van der Waals surface area contributed by atoms with Crippen molar-refractivity contribution in [2.45, 2.75) is 45.4 Å². The van der Waals surface area contributed by atoms with E-state index < -0.39 is 23.4 Å². The largest absolute Gasteiger partial charge is 0.467 e. The minimum Gasteiger partial charge on any atom is -0.467 e. The van der Waals surface area contributed by atoms with Gasteiger partial charge in [-0.1, -0.05) is 0 Å². The van der Waals surface area contributed by atoms with Crippen molar-refractivity contribution in [2.24, 2.45) is 0 Å². The van der Waals surface area contributed by atoms with Gasteiger partial charge in [-0.3, -0.25) is 9.59 Å². The summed E-state index contributed by atoms with van der Waals surface area (Å²) >= 11 is 0. The molecule has 0 saturated heterocycles. The van der Waals surface area contributed by atoms with E-state index in [0.29, 0.717) is 17.1 Å². The highest BCUT2D eigenvalue weighted by Gasteiger charge is 2.36. The first-order valence-electron chi connectivity index (χ1n) is 10.9. The van der Waals surface area contributed by atoms with Gasteiger partial charge in [-0.15, -0.1) is 10.2 Å². The fourth-order valence-electron chi connectivity index (χ4n) is 3.44. The van der Waals surface area contributed by atoms with Crippen LogP contribution in [-0.4, -0.2) is 42.5 Å². The van der Waals surface area contributed by atoms with E-state index in [4.69, 9.17) is 8.83 Å². The van der Waals surface area contributed by atoms with Crippen LogP contribution in [0.4, 0.5) is 4.39 Å². The molecule has 3 heterocycles. The minimum absolute atomic E-state index is 0.00821. The molecular weight excluding hydrogens is 455 g/mol. The number of furan rings is 2. The lowest BCUT2D eigenvalue weighted by atomic mass is 10.1. The number of benzene rings is 1. The lowest BCUT2D eigenvalue weighted by Gasteiger charge is -2.31. The average Bonchev–Trinajstić information content (AvgIpc) is 3.56. The Balaban J connectivity index is 1.63. The summed E-state index contributed by atoms with van der Waals surface area (Å²) in [6.45, 7) is 5.25. The SMILES string of the molecule is CC(C)(C)NC(=O)[C@@H](c1ccco1)N(Cc1ccco1)C(=O)Cn1nnc(-c2ccc(F)cc2)n1. The third-order valence-electron chi connectivity index (χ3n) is 4.93. The number of aromatic nitrogens is 4. The molecule has 0 aliphatic rings. The van der Waals surface area contributed by atoms with Gasteiger partial charge < -0.3 is 19.1 Å². The van der Waals surface area contributed by atoms with E-state index in [-0.39, 0.29) is 24.7 Å². The maximum atomic E-state index is 13.5. The lowest BCUT2D eigenvalue weighted by molar-refractivity contribution is -0.144. The smallest absolute Gasteiger partial charge is 0.251 e. The number of nitrogens with one attached hydrogen (secondary N) is 1. The van der Waals surface area contributed by atoms with Crippen LogP contribution in [0.3, 0.4) is 0 Å². The second kappa shape index (κ2) is 9.92. The fourth-order valence-corrected chi connectivity index (χ4v) is 3.44. The minimum atomic E-state index is -1.07. The number of hydrogen-bond donors (Lipinski definition) is 1. The molecule has 11 heteroatoms. The molecule has 1 aromatic carbocycles. The first-order chi connectivity index (χ1) is 16.7. The molecular formula is C24H25FN6O4. The van der Waals surface area contributed by atoms with Gasteiger partial charge in [0.1, 0.15) is 23.9 Å². The molecule has 182 valence electrons. The number of halogens is 1.